The fourth-order valence-electron chi connectivity index (χ4n) is 3.17. The van der Waals surface area contributed by atoms with Gasteiger partial charge in [0.2, 0.25) is 0 Å². The molecule has 1 fully saturated rings. The third-order valence-electron chi connectivity index (χ3n) is 4.50. The molecule has 0 saturated heterocycles. The van der Waals surface area contributed by atoms with Gasteiger partial charge in [0.25, 0.3) is 0 Å². The van der Waals surface area contributed by atoms with Gasteiger partial charge in [-0.1, -0.05) is 20.3 Å². The molecule has 7 nitrogen and oxygen atoms in total. The molecule has 1 aromatic heterocycles. The predicted molar refractivity (Wildman–Crippen MR) is 98.6 cm³/mol. The fraction of sp³-hybridized carbons (Fsp3) is 0.812. The summed E-state index contributed by atoms with van der Waals surface area (Å²) in [4.78, 5) is 4.31. The van der Waals surface area contributed by atoms with Gasteiger partial charge in [-0.05, 0) is 19.3 Å². The van der Waals surface area contributed by atoms with Crippen molar-refractivity contribution in [3.8, 4) is 0 Å². The maximum Gasteiger partial charge on any atom is 0.191 e. The van der Waals surface area contributed by atoms with Gasteiger partial charge in [0.15, 0.2) is 5.96 Å². The summed E-state index contributed by atoms with van der Waals surface area (Å²) >= 11 is 0. The van der Waals surface area contributed by atoms with Crippen LogP contribution in [0.5, 0.6) is 0 Å². The number of guanidine groups is 1. The minimum Gasteiger partial charge on any atom is -0.355 e. The van der Waals surface area contributed by atoms with Gasteiger partial charge in [0.05, 0.1) is 0 Å². The molecule has 1 aliphatic carbocycles. The lowest BCUT2D eigenvalue weighted by atomic mass is 9.95. The van der Waals surface area contributed by atoms with E-state index in [-0.39, 0.29) is 0 Å². The zero-order valence-electron chi connectivity index (χ0n) is 15.0. The molecule has 24 heavy (non-hydrogen) atoms. The van der Waals surface area contributed by atoms with Gasteiger partial charge < -0.3 is 15.2 Å². The van der Waals surface area contributed by atoms with E-state index in [1.807, 2.05) is 6.92 Å². The second kappa shape index (κ2) is 9.76. The molecule has 136 valence electrons. The SMILES string of the molecule is CCc1nncn1CCNC(=NC)NC1CCCC(S(=O)CC)C1. The quantitative estimate of drug-likeness (QED) is 0.565. The van der Waals surface area contributed by atoms with E-state index < -0.39 is 10.8 Å². The van der Waals surface area contributed by atoms with Gasteiger partial charge in [-0.3, -0.25) is 9.20 Å². The van der Waals surface area contributed by atoms with Crippen molar-refractivity contribution in [1.29, 1.82) is 0 Å². The molecule has 0 amide bonds. The van der Waals surface area contributed by atoms with Gasteiger partial charge in [-0.15, -0.1) is 10.2 Å². The average Bonchev–Trinajstić information content (AvgIpc) is 3.07. The van der Waals surface area contributed by atoms with E-state index >= 15 is 0 Å². The van der Waals surface area contributed by atoms with Crippen molar-refractivity contribution < 1.29 is 4.21 Å². The third-order valence-corrected chi connectivity index (χ3v) is 6.24. The average molecular weight is 355 g/mol. The van der Waals surface area contributed by atoms with Crippen molar-refractivity contribution in [3.63, 3.8) is 0 Å². The summed E-state index contributed by atoms with van der Waals surface area (Å²) in [6.07, 6.45) is 6.94. The zero-order valence-corrected chi connectivity index (χ0v) is 15.8. The lowest BCUT2D eigenvalue weighted by Crippen LogP contribution is -2.47. The molecule has 8 heteroatoms. The zero-order chi connectivity index (χ0) is 17.4. The number of hydrogen-bond acceptors (Lipinski definition) is 4. The van der Waals surface area contributed by atoms with E-state index in [9.17, 15) is 4.21 Å². The molecule has 1 aliphatic rings. The fourth-order valence-corrected chi connectivity index (χ4v) is 4.52. The standard InChI is InChI=1S/C16H30N6OS/c1-4-15-21-19-12-22(15)10-9-18-16(17-3)20-13-7-6-8-14(11-13)24(23)5-2/h12-14H,4-11H2,1-3H3,(H2,17,18,20). The summed E-state index contributed by atoms with van der Waals surface area (Å²) in [5, 5.41) is 15.2. The van der Waals surface area contributed by atoms with Crippen molar-refractivity contribution in [1.82, 2.24) is 25.4 Å². The van der Waals surface area contributed by atoms with Crippen molar-refractivity contribution in [3.05, 3.63) is 12.2 Å². The monoisotopic (exact) mass is 354 g/mol. The summed E-state index contributed by atoms with van der Waals surface area (Å²) in [6.45, 7) is 5.66. The Morgan fingerprint density at radius 2 is 2.29 bits per heavy atom. The highest BCUT2D eigenvalue weighted by Gasteiger charge is 2.25. The Labute approximate surface area is 147 Å². The largest absolute Gasteiger partial charge is 0.355 e. The lowest BCUT2D eigenvalue weighted by molar-refractivity contribution is 0.413. The van der Waals surface area contributed by atoms with Gasteiger partial charge in [-0.2, -0.15) is 0 Å². The molecule has 0 aliphatic heterocycles. The van der Waals surface area contributed by atoms with E-state index in [2.05, 4.69) is 37.3 Å². The molecule has 0 radical (unpaired) electrons. The predicted octanol–water partition coefficient (Wildman–Crippen LogP) is 1.09. The van der Waals surface area contributed by atoms with Gasteiger partial charge >= 0.3 is 0 Å². The Morgan fingerprint density at radius 1 is 1.46 bits per heavy atom. The Morgan fingerprint density at radius 3 is 3.00 bits per heavy atom. The number of aryl methyl sites for hydroxylation is 1. The molecular weight excluding hydrogens is 324 g/mol. The molecule has 2 rings (SSSR count). The molecule has 0 bridgehead atoms. The van der Waals surface area contributed by atoms with Crippen molar-refractivity contribution in [2.75, 3.05) is 19.3 Å². The third kappa shape index (κ3) is 5.29. The molecule has 3 unspecified atom stereocenters. The highest BCUT2D eigenvalue weighted by Crippen LogP contribution is 2.22. The summed E-state index contributed by atoms with van der Waals surface area (Å²) in [5.41, 5.74) is 0. The number of aliphatic imine (C=N–C) groups is 1. The second-order valence-corrected chi connectivity index (χ2v) is 8.10. The van der Waals surface area contributed by atoms with Crippen LogP contribution in [-0.4, -0.2) is 55.6 Å². The van der Waals surface area contributed by atoms with E-state index in [1.165, 1.54) is 0 Å². The number of aromatic nitrogens is 3. The maximum absolute atomic E-state index is 12.1. The van der Waals surface area contributed by atoms with Crippen LogP contribution in [0.4, 0.5) is 0 Å². The molecular formula is C16H30N6OS. The second-order valence-electron chi connectivity index (χ2n) is 6.09. The highest BCUT2D eigenvalue weighted by molar-refractivity contribution is 7.85. The number of hydrogen-bond donors (Lipinski definition) is 2. The van der Waals surface area contributed by atoms with Gasteiger partial charge in [-0.25, -0.2) is 0 Å². The van der Waals surface area contributed by atoms with Crippen LogP contribution in [-0.2, 0) is 23.8 Å². The van der Waals surface area contributed by atoms with Crippen LogP contribution >= 0.6 is 0 Å². The van der Waals surface area contributed by atoms with Crippen LogP contribution in [0.2, 0.25) is 0 Å². The van der Waals surface area contributed by atoms with Crippen LogP contribution in [0.15, 0.2) is 11.3 Å². The lowest BCUT2D eigenvalue weighted by Gasteiger charge is -2.30. The summed E-state index contributed by atoms with van der Waals surface area (Å²) in [5.74, 6) is 2.56. The van der Waals surface area contributed by atoms with Crippen molar-refractivity contribution >= 4 is 16.8 Å². The summed E-state index contributed by atoms with van der Waals surface area (Å²) in [7, 11) is 1.09. The number of rotatable bonds is 7. The topological polar surface area (TPSA) is 84.2 Å². The first-order valence-corrected chi connectivity index (χ1v) is 10.3. The number of nitrogens with one attached hydrogen (secondary N) is 2. The summed E-state index contributed by atoms with van der Waals surface area (Å²) in [6, 6.07) is 0.353. The molecule has 2 N–H and O–H groups in total. The maximum atomic E-state index is 12.1. The molecule has 0 spiro atoms. The first-order valence-electron chi connectivity index (χ1n) is 8.88. The van der Waals surface area contributed by atoms with E-state index in [4.69, 9.17) is 0 Å². The molecule has 1 heterocycles. The van der Waals surface area contributed by atoms with Gasteiger partial charge in [0.1, 0.15) is 12.2 Å². The van der Waals surface area contributed by atoms with E-state index in [0.29, 0.717) is 11.3 Å². The van der Waals surface area contributed by atoms with Crippen LogP contribution in [0, 0.1) is 0 Å². The van der Waals surface area contributed by atoms with Crippen molar-refractivity contribution in [2.45, 2.75) is 63.8 Å². The van der Waals surface area contributed by atoms with Crippen LogP contribution in [0.1, 0.15) is 45.4 Å². The van der Waals surface area contributed by atoms with Crippen LogP contribution in [0.3, 0.4) is 0 Å². The van der Waals surface area contributed by atoms with E-state index in [0.717, 1.165) is 62.7 Å². The minimum atomic E-state index is -0.698. The van der Waals surface area contributed by atoms with Crippen molar-refractivity contribution in [2.24, 2.45) is 4.99 Å². The number of nitrogens with zero attached hydrogens (tertiary/aromatic N) is 4. The summed E-state index contributed by atoms with van der Waals surface area (Å²) < 4.78 is 14.1. The molecule has 3 atom stereocenters. The Hall–Kier alpha value is -1.44. The first kappa shape index (κ1) is 18.9. The normalized spacial score (nSPS) is 23.0. The first-order chi connectivity index (χ1) is 11.7. The Kier molecular flexibility index (Phi) is 7.68. The van der Waals surface area contributed by atoms with E-state index in [1.54, 1.807) is 13.4 Å². The van der Waals surface area contributed by atoms with Crippen LogP contribution in [0.25, 0.3) is 0 Å². The molecule has 0 aromatic carbocycles. The van der Waals surface area contributed by atoms with Crippen LogP contribution < -0.4 is 10.6 Å². The molecule has 1 aromatic rings. The Bertz CT molecular complexity index is 559. The smallest absolute Gasteiger partial charge is 0.191 e. The molecule has 1 saturated carbocycles. The minimum absolute atomic E-state index is 0.323. The Balaban J connectivity index is 1.78. The van der Waals surface area contributed by atoms with Gasteiger partial charge in [0, 0.05) is 54.4 Å². The highest BCUT2D eigenvalue weighted by atomic mass is 32.2.